The van der Waals surface area contributed by atoms with Crippen LogP contribution in [0.4, 0.5) is 0 Å². The van der Waals surface area contributed by atoms with Crippen molar-refractivity contribution < 1.29 is 0 Å². The van der Waals surface area contributed by atoms with Crippen molar-refractivity contribution in [1.82, 2.24) is 14.8 Å². The Labute approximate surface area is 113 Å². The average Bonchev–Trinajstić information content (AvgIpc) is 3.04. The zero-order valence-corrected chi connectivity index (χ0v) is 11.3. The molecule has 19 heavy (non-hydrogen) atoms. The normalized spacial score (nSPS) is 19.4. The number of rotatable bonds is 4. The summed E-state index contributed by atoms with van der Waals surface area (Å²) in [7, 11) is 0. The highest BCUT2D eigenvalue weighted by Crippen LogP contribution is 2.35. The van der Waals surface area contributed by atoms with Crippen LogP contribution in [0.5, 0.6) is 0 Å². The summed E-state index contributed by atoms with van der Waals surface area (Å²) in [5, 5.41) is 4.21. The summed E-state index contributed by atoms with van der Waals surface area (Å²) in [5.74, 6) is 1.46. The van der Waals surface area contributed by atoms with E-state index >= 15 is 0 Å². The van der Waals surface area contributed by atoms with Crippen molar-refractivity contribution in [1.29, 1.82) is 0 Å². The van der Waals surface area contributed by atoms with E-state index in [0.29, 0.717) is 5.92 Å². The maximum Gasteiger partial charge on any atom is 0.138 e. The van der Waals surface area contributed by atoms with Crippen LogP contribution in [-0.2, 0) is 19.4 Å². The van der Waals surface area contributed by atoms with Gasteiger partial charge in [0.25, 0.3) is 0 Å². The first-order valence-corrected chi connectivity index (χ1v) is 6.99. The largest absolute Gasteiger partial charge is 0.327 e. The zero-order chi connectivity index (χ0) is 13.2. The SMILES string of the molecule is CCn1ncnc1CC(N)C1CCc2ccccc21. The van der Waals surface area contributed by atoms with Crippen LogP contribution in [0.25, 0.3) is 0 Å². The molecule has 0 bridgehead atoms. The predicted octanol–water partition coefficient (Wildman–Crippen LogP) is 1.90. The zero-order valence-electron chi connectivity index (χ0n) is 11.3. The van der Waals surface area contributed by atoms with E-state index in [2.05, 4.69) is 41.3 Å². The Morgan fingerprint density at radius 1 is 1.42 bits per heavy atom. The molecule has 2 aromatic rings. The van der Waals surface area contributed by atoms with Gasteiger partial charge in [0.2, 0.25) is 0 Å². The van der Waals surface area contributed by atoms with E-state index in [1.807, 2.05) is 4.68 Å². The molecule has 4 heteroatoms. The van der Waals surface area contributed by atoms with Gasteiger partial charge < -0.3 is 5.73 Å². The van der Waals surface area contributed by atoms with E-state index < -0.39 is 0 Å². The van der Waals surface area contributed by atoms with Gasteiger partial charge in [-0.15, -0.1) is 0 Å². The Morgan fingerprint density at radius 3 is 3.11 bits per heavy atom. The van der Waals surface area contributed by atoms with Crippen LogP contribution in [0.15, 0.2) is 30.6 Å². The molecule has 0 saturated heterocycles. The molecule has 0 amide bonds. The lowest BCUT2D eigenvalue weighted by Crippen LogP contribution is -2.31. The Hall–Kier alpha value is -1.68. The van der Waals surface area contributed by atoms with Gasteiger partial charge in [0, 0.05) is 24.9 Å². The maximum absolute atomic E-state index is 6.43. The number of nitrogens with zero attached hydrogens (tertiary/aromatic N) is 3. The number of hydrogen-bond acceptors (Lipinski definition) is 3. The van der Waals surface area contributed by atoms with Crippen molar-refractivity contribution >= 4 is 0 Å². The highest BCUT2D eigenvalue weighted by molar-refractivity contribution is 5.36. The monoisotopic (exact) mass is 256 g/mol. The van der Waals surface area contributed by atoms with Crippen molar-refractivity contribution in [3.63, 3.8) is 0 Å². The van der Waals surface area contributed by atoms with Crippen LogP contribution in [0.3, 0.4) is 0 Å². The number of aryl methyl sites for hydroxylation is 2. The summed E-state index contributed by atoms with van der Waals surface area (Å²) in [6, 6.07) is 8.78. The van der Waals surface area contributed by atoms with Crippen molar-refractivity contribution in [2.24, 2.45) is 5.73 Å². The molecule has 0 saturated carbocycles. The summed E-state index contributed by atoms with van der Waals surface area (Å²) in [4.78, 5) is 4.33. The molecule has 2 unspecified atom stereocenters. The highest BCUT2D eigenvalue weighted by Gasteiger charge is 2.28. The average molecular weight is 256 g/mol. The van der Waals surface area contributed by atoms with Crippen molar-refractivity contribution in [2.45, 2.75) is 44.7 Å². The van der Waals surface area contributed by atoms with Crippen LogP contribution in [0.1, 0.15) is 36.2 Å². The highest BCUT2D eigenvalue weighted by atomic mass is 15.3. The number of aromatic nitrogens is 3. The standard InChI is InChI=1S/C15H20N4/c1-2-19-15(17-10-18-19)9-14(16)13-8-7-11-5-3-4-6-12(11)13/h3-6,10,13-14H,2,7-9,16H2,1H3. The molecule has 4 nitrogen and oxygen atoms in total. The molecule has 1 aromatic carbocycles. The van der Waals surface area contributed by atoms with Gasteiger partial charge >= 0.3 is 0 Å². The quantitative estimate of drug-likeness (QED) is 0.909. The molecular weight excluding hydrogens is 236 g/mol. The smallest absolute Gasteiger partial charge is 0.138 e. The molecule has 3 rings (SSSR count). The third-order valence-electron chi connectivity index (χ3n) is 4.11. The Kier molecular flexibility index (Phi) is 3.34. The summed E-state index contributed by atoms with van der Waals surface area (Å²) >= 11 is 0. The lowest BCUT2D eigenvalue weighted by Gasteiger charge is -2.20. The van der Waals surface area contributed by atoms with Gasteiger partial charge in [0.05, 0.1) is 0 Å². The van der Waals surface area contributed by atoms with E-state index in [1.165, 1.54) is 11.1 Å². The molecule has 0 aliphatic heterocycles. The van der Waals surface area contributed by atoms with Gasteiger partial charge in [0.1, 0.15) is 12.2 Å². The second kappa shape index (κ2) is 5.13. The molecule has 1 heterocycles. The number of hydrogen-bond donors (Lipinski definition) is 1. The first-order valence-electron chi connectivity index (χ1n) is 6.99. The second-order valence-electron chi connectivity index (χ2n) is 5.20. The van der Waals surface area contributed by atoms with Crippen LogP contribution >= 0.6 is 0 Å². The van der Waals surface area contributed by atoms with Gasteiger partial charge in [-0.1, -0.05) is 24.3 Å². The number of benzene rings is 1. The van der Waals surface area contributed by atoms with Gasteiger partial charge in [0.15, 0.2) is 0 Å². The predicted molar refractivity (Wildman–Crippen MR) is 74.9 cm³/mol. The summed E-state index contributed by atoms with van der Waals surface area (Å²) in [6.07, 6.45) is 4.72. The Morgan fingerprint density at radius 2 is 2.26 bits per heavy atom. The fraction of sp³-hybridized carbons (Fsp3) is 0.467. The van der Waals surface area contributed by atoms with Gasteiger partial charge in [-0.2, -0.15) is 5.10 Å². The summed E-state index contributed by atoms with van der Waals surface area (Å²) in [6.45, 7) is 2.93. The van der Waals surface area contributed by atoms with E-state index in [4.69, 9.17) is 5.73 Å². The second-order valence-corrected chi connectivity index (χ2v) is 5.20. The van der Waals surface area contributed by atoms with Gasteiger partial charge in [-0.25, -0.2) is 4.98 Å². The lowest BCUT2D eigenvalue weighted by molar-refractivity contribution is 0.495. The first-order chi connectivity index (χ1) is 9.29. The third kappa shape index (κ3) is 2.28. The minimum atomic E-state index is 0.123. The maximum atomic E-state index is 6.43. The van der Waals surface area contributed by atoms with Crippen molar-refractivity contribution in [3.8, 4) is 0 Å². The number of fused-ring (bicyclic) bond motifs is 1. The van der Waals surface area contributed by atoms with Crippen molar-refractivity contribution in [2.75, 3.05) is 0 Å². The molecule has 2 atom stereocenters. The van der Waals surface area contributed by atoms with Crippen LogP contribution in [0, 0.1) is 0 Å². The first kappa shape index (κ1) is 12.4. The van der Waals surface area contributed by atoms with E-state index in [-0.39, 0.29) is 6.04 Å². The fourth-order valence-electron chi connectivity index (χ4n) is 3.10. The molecule has 1 aliphatic rings. The molecule has 0 spiro atoms. The minimum absolute atomic E-state index is 0.123. The molecule has 0 radical (unpaired) electrons. The molecule has 100 valence electrons. The van der Waals surface area contributed by atoms with Gasteiger partial charge in [-0.3, -0.25) is 4.68 Å². The van der Waals surface area contributed by atoms with Crippen LogP contribution in [-0.4, -0.2) is 20.8 Å². The molecule has 1 aliphatic carbocycles. The van der Waals surface area contributed by atoms with Crippen molar-refractivity contribution in [3.05, 3.63) is 47.5 Å². The molecule has 2 N–H and O–H groups in total. The lowest BCUT2D eigenvalue weighted by atomic mass is 9.91. The van der Waals surface area contributed by atoms with E-state index in [9.17, 15) is 0 Å². The molecule has 0 fully saturated rings. The van der Waals surface area contributed by atoms with E-state index in [1.54, 1.807) is 6.33 Å². The minimum Gasteiger partial charge on any atom is -0.327 e. The summed E-state index contributed by atoms with van der Waals surface area (Å²) in [5.41, 5.74) is 9.31. The Balaban J connectivity index is 1.77. The van der Waals surface area contributed by atoms with Gasteiger partial charge in [-0.05, 0) is 30.9 Å². The third-order valence-corrected chi connectivity index (χ3v) is 4.11. The Bertz CT molecular complexity index is 561. The fourth-order valence-corrected chi connectivity index (χ4v) is 3.10. The molecular formula is C15H20N4. The topological polar surface area (TPSA) is 56.7 Å². The van der Waals surface area contributed by atoms with Crippen LogP contribution in [0.2, 0.25) is 0 Å². The number of nitrogens with two attached hydrogens (primary N) is 1. The van der Waals surface area contributed by atoms with Crippen LogP contribution < -0.4 is 5.73 Å². The molecule has 1 aromatic heterocycles. The van der Waals surface area contributed by atoms with E-state index in [0.717, 1.165) is 31.6 Å². The summed E-state index contributed by atoms with van der Waals surface area (Å²) < 4.78 is 1.93.